The molecule has 1 aliphatic rings. The predicted octanol–water partition coefficient (Wildman–Crippen LogP) is 4.45. The Labute approximate surface area is 118 Å². The van der Waals surface area contributed by atoms with Crippen LogP contribution in [0.5, 0.6) is 0 Å². The summed E-state index contributed by atoms with van der Waals surface area (Å²) in [6.45, 7) is 8.99. The maximum absolute atomic E-state index is 13.2. The van der Waals surface area contributed by atoms with Crippen LogP contribution in [0.3, 0.4) is 0 Å². The van der Waals surface area contributed by atoms with Crippen molar-refractivity contribution in [2.45, 2.75) is 39.8 Å². The Morgan fingerprint density at radius 3 is 2.72 bits per heavy atom. The van der Waals surface area contributed by atoms with Crippen LogP contribution in [0.15, 0.2) is 22.7 Å². The molecule has 1 nitrogen and oxygen atoms in total. The number of benzene rings is 1. The second kappa shape index (κ2) is 5.70. The first kappa shape index (κ1) is 14.0. The van der Waals surface area contributed by atoms with Crippen molar-refractivity contribution in [2.75, 3.05) is 6.54 Å². The third kappa shape index (κ3) is 3.12. The zero-order valence-electron chi connectivity index (χ0n) is 11.3. The number of piperidine rings is 1. The molecule has 0 spiro atoms. The lowest BCUT2D eigenvalue weighted by atomic mass is 9.86. The predicted molar refractivity (Wildman–Crippen MR) is 76.9 cm³/mol. The molecular weight excluding hydrogens is 293 g/mol. The van der Waals surface area contributed by atoms with Crippen molar-refractivity contribution in [2.24, 2.45) is 11.8 Å². The molecular formula is C15H21BrFN. The molecule has 0 radical (unpaired) electrons. The van der Waals surface area contributed by atoms with E-state index in [0.29, 0.717) is 10.5 Å². The van der Waals surface area contributed by atoms with Gasteiger partial charge >= 0.3 is 0 Å². The molecule has 1 heterocycles. The van der Waals surface area contributed by atoms with E-state index in [1.807, 2.05) is 12.1 Å². The van der Waals surface area contributed by atoms with E-state index >= 15 is 0 Å². The first-order valence-corrected chi connectivity index (χ1v) is 7.44. The fraction of sp³-hybridized carbons (Fsp3) is 0.600. The summed E-state index contributed by atoms with van der Waals surface area (Å²) in [5.74, 6) is 1.30. The Bertz CT molecular complexity index is 421. The highest BCUT2D eigenvalue weighted by atomic mass is 79.9. The van der Waals surface area contributed by atoms with E-state index in [0.717, 1.165) is 24.9 Å². The zero-order chi connectivity index (χ0) is 13.3. The van der Waals surface area contributed by atoms with Crippen molar-refractivity contribution < 1.29 is 4.39 Å². The summed E-state index contributed by atoms with van der Waals surface area (Å²) in [6, 6.07) is 5.92. The minimum absolute atomic E-state index is 0.188. The van der Waals surface area contributed by atoms with Gasteiger partial charge in [0, 0.05) is 19.1 Å². The van der Waals surface area contributed by atoms with Gasteiger partial charge in [0.15, 0.2) is 0 Å². The standard InChI is InChI=1S/C15H21BrFN/c1-10-6-11(2)12(3)18(8-10)9-13-4-5-15(17)14(16)7-13/h4-5,7,10-12H,6,8-9H2,1-3H3. The third-order valence-electron chi connectivity index (χ3n) is 4.09. The summed E-state index contributed by atoms with van der Waals surface area (Å²) in [5, 5.41) is 0. The Morgan fingerprint density at radius 2 is 2.06 bits per heavy atom. The summed E-state index contributed by atoms with van der Waals surface area (Å²) in [5.41, 5.74) is 1.18. The normalized spacial score (nSPS) is 29.5. The number of rotatable bonds is 2. The highest BCUT2D eigenvalue weighted by Crippen LogP contribution is 2.28. The lowest BCUT2D eigenvalue weighted by Crippen LogP contribution is -2.45. The molecule has 0 bridgehead atoms. The Balaban J connectivity index is 2.09. The van der Waals surface area contributed by atoms with E-state index < -0.39 is 0 Å². The largest absolute Gasteiger partial charge is 0.296 e. The Hall–Kier alpha value is -0.410. The number of hydrogen-bond acceptors (Lipinski definition) is 1. The highest BCUT2D eigenvalue weighted by molar-refractivity contribution is 9.10. The van der Waals surface area contributed by atoms with Crippen LogP contribution in [0.2, 0.25) is 0 Å². The average Bonchev–Trinajstić information content (AvgIpc) is 2.30. The van der Waals surface area contributed by atoms with Crippen LogP contribution in [0, 0.1) is 17.7 Å². The van der Waals surface area contributed by atoms with Crippen molar-refractivity contribution in [1.29, 1.82) is 0 Å². The van der Waals surface area contributed by atoms with Gasteiger partial charge in [0.2, 0.25) is 0 Å². The molecule has 2 rings (SSSR count). The number of nitrogens with zero attached hydrogens (tertiary/aromatic N) is 1. The van der Waals surface area contributed by atoms with Crippen molar-refractivity contribution >= 4 is 15.9 Å². The van der Waals surface area contributed by atoms with Gasteiger partial charge in [-0.1, -0.05) is 19.9 Å². The molecule has 0 aliphatic carbocycles. The maximum atomic E-state index is 13.2. The van der Waals surface area contributed by atoms with Crippen molar-refractivity contribution in [3.8, 4) is 0 Å². The lowest BCUT2D eigenvalue weighted by molar-refractivity contribution is 0.0729. The highest BCUT2D eigenvalue weighted by Gasteiger charge is 2.28. The molecule has 1 aliphatic heterocycles. The smallest absolute Gasteiger partial charge is 0.137 e. The van der Waals surface area contributed by atoms with E-state index in [9.17, 15) is 4.39 Å². The molecule has 100 valence electrons. The van der Waals surface area contributed by atoms with Crippen LogP contribution in [0.25, 0.3) is 0 Å². The molecule has 0 N–H and O–H groups in total. The monoisotopic (exact) mass is 313 g/mol. The van der Waals surface area contributed by atoms with Crippen molar-refractivity contribution in [3.63, 3.8) is 0 Å². The average molecular weight is 314 g/mol. The number of likely N-dealkylation sites (tertiary alicyclic amines) is 1. The topological polar surface area (TPSA) is 3.24 Å². The minimum atomic E-state index is -0.188. The number of halogens is 2. The fourth-order valence-electron chi connectivity index (χ4n) is 2.91. The molecule has 3 atom stereocenters. The van der Waals surface area contributed by atoms with Gasteiger partial charge in [-0.15, -0.1) is 0 Å². The van der Waals surface area contributed by atoms with E-state index in [1.165, 1.54) is 12.0 Å². The summed E-state index contributed by atoms with van der Waals surface area (Å²) < 4.78 is 13.8. The van der Waals surface area contributed by atoms with Crippen molar-refractivity contribution in [3.05, 3.63) is 34.1 Å². The summed E-state index contributed by atoms with van der Waals surface area (Å²) >= 11 is 3.26. The van der Waals surface area contributed by atoms with Gasteiger partial charge in [-0.25, -0.2) is 4.39 Å². The SMILES string of the molecule is CC1CC(C)C(C)N(Cc2ccc(F)c(Br)c2)C1. The van der Waals surface area contributed by atoms with Crippen LogP contribution in [-0.4, -0.2) is 17.5 Å². The molecule has 0 saturated carbocycles. The van der Waals surface area contributed by atoms with Crippen LogP contribution in [-0.2, 0) is 6.54 Å². The van der Waals surface area contributed by atoms with Gasteiger partial charge < -0.3 is 0 Å². The third-order valence-corrected chi connectivity index (χ3v) is 4.70. The molecule has 1 aromatic carbocycles. The molecule has 0 amide bonds. The first-order valence-electron chi connectivity index (χ1n) is 6.65. The summed E-state index contributed by atoms with van der Waals surface area (Å²) in [6.07, 6.45) is 1.31. The molecule has 1 saturated heterocycles. The minimum Gasteiger partial charge on any atom is -0.296 e. The second-order valence-corrected chi connectivity index (χ2v) is 6.59. The maximum Gasteiger partial charge on any atom is 0.137 e. The summed E-state index contributed by atoms with van der Waals surface area (Å²) in [7, 11) is 0. The second-order valence-electron chi connectivity index (χ2n) is 5.74. The van der Waals surface area contributed by atoms with E-state index in [2.05, 4.69) is 41.6 Å². The van der Waals surface area contributed by atoms with E-state index in [-0.39, 0.29) is 5.82 Å². The molecule has 3 heteroatoms. The van der Waals surface area contributed by atoms with Gasteiger partial charge in [0.25, 0.3) is 0 Å². The van der Waals surface area contributed by atoms with Gasteiger partial charge in [-0.2, -0.15) is 0 Å². The van der Waals surface area contributed by atoms with Crippen molar-refractivity contribution in [1.82, 2.24) is 4.90 Å². The van der Waals surface area contributed by atoms with Gasteiger partial charge in [0.1, 0.15) is 5.82 Å². The fourth-order valence-corrected chi connectivity index (χ4v) is 3.34. The van der Waals surface area contributed by atoms with Crippen LogP contribution >= 0.6 is 15.9 Å². The quantitative estimate of drug-likeness (QED) is 0.779. The van der Waals surface area contributed by atoms with Crippen LogP contribution in [0.4, 0.5) is 4.39 Å². The molecule has 1 fully saturated rings. The molecule has 18 heavy (non-hydrogen) atoms. The Morgan fingerprint density at radius 1 is 1.33 bits per heavy atom. The zero-order valence-corrected chi connectivity index (χ0v) is 12.9. The molecule has 0 aromatic heterocycles. The number of hydrogen-bond donors (Lipinski definition) is 0. The van der Waals surface area contributed by atoms with Crippen LogP contribution < -0.4 is 0 Å². The van der Waals surface area contributed by atoms with E-state index in [1.54, 1.807) is 6.07 Å². The first-order chi connectivity index (χ1) is 8.47. The lowest BCUT2D eigenvalue weighted by Gasteiger charge is -2.41. The molecule has 1 aromatic rings. The van der Waals surface area contributed by atoms with Gasteiger partial charge in [-0.05, 0) is 58.8 Å². The summed E-state index contributed by atoms with van der Waals surface area (Å²) in [4.78, 5) is 2.51. The Kier molecular flexibility index (Phi) is 4.44. The van der Waals surface area contributed by atoms with E-state index in [4.69, 9.17) is 0 Å². The van der Waals surface area contributed by atoms with Gasteiger partial charge in [0.05, 0.1) is 4.47 Å². The van der Waals surface area contributed by atoms with Crippen LogP contribution in [0.1, 0.15) is 32.8 Å². The molecule has 3 unspecified atom stereocenters. The van der Waals surface area contributed by atoms with Gasteiger partial charge in [-0.3, -0.25) is 4.90 Å².